The second kappa shape index (κ2) is 7.30. The minimum absolute atomic E-state index is 0.0223. The van der Waals surface area contributed by atoms with Crippen LogP contribution in [0.4, 0.5) is 0 Å². The largest absolute Gasteiger partial charge is 0.368 e. The number of amides is 2. The molecule has 1 atom stereocenters. The Morgan fingerprint density at radius 1 is 0.958 bits per heavy atom. The van der Waals surface area contributed by atoms with Crippen molar-refractivity contribution in [3.63, 3.8) is 0 Å². The third-order valence-electron chi connectivity index (χ3n) is 4.57. The number of nitrogens with zero attached hydrogens (tertiary/aromatic N) is 1. The fraction of sp³-hybridized carbons (Fsp3) is 0.300. The van der Waals surface area contributed by atoms with Gasteiger partial charge in [0, 0.05) is 6.54 Å². The molecule has 0 aliphatic carbocycles. The van der Waals surface area contributed by atoms with Gasteiger partial charge in [-0.05, 0) is 36.0 Å². The zero-order chi connectivity index (χ0) is 16.9. The molecule has 1 fully saturated rings. The second-order valence-corrected chi connectivity index (χ2v) is 6.24. The van der Waals surface area contributed by atoms with Crippen molar-refractivity contribution in [2.45, 2.75) is 31.7 Å². The SMILES string of the molecule is NC(=O)[C@H]1CCCCN1C(=O)Cc1ccc(-c2ccccc2)cc1. The lowest BCUT2D eigenvalue weighted by Crippen LogP contribution is -2.50. The van der Waals surface area contributed by atoms with Gasteiger partial charge in [0.2, 0.25) is 11.8 Å². The van der Waals surface area contributed by atoms with Crippen molar-refractivity contribution in [1.29, 1.82) is 0 Å². The van der Waals surface area contributed by atoms with E-state index in [0.29, 0.717) is 19.4 Å². The first-order valence-electron chi connectivity index (χ1n) is 8.38. The molecule has 2 N–H and O–H groups in total. The molecule has 2 aromatic rings. The average molecular weight is 322 g/mol. The number of hydrogen-bond acceptors (Lipinski definition) is 2. The molecule has 2 aromatic carbocycles. The standard InChI is InChI=1S/C20H22N2O2/c21-20(24)18-8-4-5-13-22(18)19(23)14-15-9-11-17(12-10-15)16-6-2-1-3-7-16/h1-3,6-7,9-12,18H,4-5,8,13-14H2,(H2,21,24)/t18-/m1/s1. The van der Waals surface area contributed by atoms with E-state index in [1.165, 1.54) is 0 Å². The van der Waals surface area contributed by atoms with E-state index in [9.17, 15) is 9.59 Å². The molecule has 0 radical (unpaired) electrons. The second-order valence-electron chi connectivity index (χ2n) is 6.24. The monoisotopic (exact) mass is 322 g/mol. The lowest BCUT2D eigenvalue weighted by Gasteiger charge is -2.33. The van der Waals surface area contributed by atoms with Crippen LogP contribution in [0.1, 0.15) is 24.8 Å². The van der Waals surface area contributed by atoms with E-state index < -0.39 is 11.9 Å². The molecule has 2 amide bonds. The van der Waals surface area contributed by atoms with Crippen LogP contribution in [0, 0.1) is 0 Å². The van der Waals surface area contributed by atoms with Gasteiger partial charge in [-0.1, -0.05) is 54.6 Å². The fourth-order valence-electron chi connectivity index (χ4n) is 3.25. The Balaban J connectivity index is 1.69. The van der Waals surface area contributed by atoms with Gasteiger partial charge in [-0.3, -0.25) is 9.59 Å². The Labute approximate surface area is 142 Å². The Morgan fingerprint density at radius 2 is 1.62 bits per heavy atom. The van der Waals surface area contributed by atoms with Gasteiger partial charge in [0.25, 0.3) is 0 Å². The molecule has 1 aliphatic rings. The Kier molecular flexibility index (Phi) is 4.94. The van der Waals surface area contributed by atoms with Gasteiger partial charge in [-0.2, -0.15) is 0 Å². The normalized spacial score (nSPS) is 17.5. The van der Waals surface area contributed by atoms with Crippen LogP contribution in [0.25, 0.3) is 11.1 Å². The Bertz CT molecular complexity index is 710. The number of piperidine rings is 1. The summed E-state index contributed by atoms with van der Waals surface area (Å²) in [7, 11) is 0. The van der Waals surface area contributed by atoms with Crippen LogP contribution in [-0.2, 0) is 16.0 Å². The maximum absolute atomic E-state index is 12.6. The third kappa shape index (κ3) is 3.65. The number of carbonyl (C=O) groups excluding carboxylic acids is 2. The van der Waals surface area contributed by atoms with E-state index in [-0.39, 0.29) is 5.91 Å². The van der Waals surface area contributed by atoms with Crippen molar-refractivity contribution in [1.82, 2.24) is 4.90 Å². The summed E-state index contributed by atoms with van der Waals surface area (Å²) in [5, 5.41) is 0. The molecule has 1 saturated heterocycles. The molecular weight excluding hydrogens is 300 g/mol. The fourth-order valence-corrected chi connectivity index (χ4v) is 3.25. The summed E-state index contributed by atoms with van der Waals surface area (Å²) < 4.78 is 0. The highest BCUT2D eigenvalue weighted by Crippen LogP contribution is 2.21. The van der Waals surface area contributed by atoms with Crippen LogP contribution in [0.3, 0.4) is 0 Å². The van der Waals surface area contributed by atoms with Crippen molar-refractivity contribution in [2.24, 2.45) is 5.73 Å². The number of likely N-dealkylation sites (tertiary alicyclic amines) is 1. The first-order valence-corrected chi connectivity index (χ1v) is 8.38. The van der Waals surface area contributed by atoms with Crippen molar-refractivity contribution in [3.05, 3.63) is 60.2 Å². The molecule has 4 heteroatoms. The topological polar surface area (TPSA) is 63.4 Å². The van der Waals surface area contributed by atoms with Crippen LogP contribution in [-0.4, -0.2) is 29.3 Å². The molecule has 0 spiro atoms. The van der Waals surface area contributed by atoms with Gasteiger partial charge in [0.15, 0.2) is 0 Å². The minimum Gasteiger partial charge on any atom is -0.368 e. The summed E-state index contributed by atoms with van der Waals surface area (Å²) in [5.41, 5.74) is 8.67. The quantitative estimate of drug-likeness (QED) is 0.941. The molecule has 3 rings (SSSR count). The van der Waals surface area contributed by atoms with Crippen LogP contribution in [0.5, 0.6) is 0 Å². The number of carbonyl (C=O) groups is 2. The summed E-state index contributed by atoms with van der Waals surface area (Å²) in [6, 6.07) is 17.7. The van der Waals surface area contributed by atoms with Crippen molar-refractivity contribution in [2.75, 3.05) is 6.54 Å². The molecule has 0 saturated carbocycles. The predicted octanol–water partition coefficient (Wildman–Crippen LogP) is 2.76. The lowest BCUT2D eigenvalue weighted by molar-refractivity contribution is -0.140. The van der Waals surface area contributed by atoms with Gasteiger partial charge in [0.05, 0.1) is 6.42 Å². The van der Waals surface area contributed by atoms with Crippen LogP contribution >= 0.6 is 0 Å². The summed E-state index contributed by atoms with van der Waals surface area (Å²) in [5.74, 6) is -0.423. The van der Waals surface area contributed by atoms with Crippen LogP contribution in [0.2, 0.25) is 0 Å². The summed E-state index contributed by atoms with van der Waals surface area (Å²) in [4.78, 5) is 25.8. The highest BCUT2D eigenvalue weighted by Gasteiger charge is 2.30. The number of hydrogen-bond donors (Lipinski definition) is 1. The smallest absolute Gasteiger partial charge is 0.240 e. The lowest BCUT2D eigenvalue weighted by atomic mass is 9.99. The maximum atomic E-state index is 12.6. The molecule has 0 aromatic heterocycles. The van der Waals surface area contributed by atoms with E-state index in [1.54, 1.807) is 4.90 Å². The molecule has 124 valence electrons. The minimum atomic E-state index is -0.449. The maximum Gasteiger partial charge on any atom is 0.240 e. The third-order valence-corrected chi connectivity index (χ3v) is 4.57. The van der Waals surface area contributed by atoms with Crippen molar-refractivity contribution >= 4 is 11.8 Å². The average Bonchev–Trinajstić information content (AvgIpc) is 2.63. The summed E-state index contributed by atoms with van der Waals surface area (Å²) in [6.45, 7) is 0.620. The van der Waals surface area contributed by atoms with E-state index >= 15 is 0 Å². The zero-order valence-corrected chi connectivity index (χ0v) is 13.7. The first-order chi connectivity index (χ1) is 11.6. The van der Waals surface area contributed by atoms with Crippen LogP contribution in [0.15, 0.2) is 54.6 Å². The van der Waals surface area contributed by atoms with Gasteiger partial charge in [-0.15, -0.1) is 0 Å². The van der Waals surface area contributed by atoms with Gasteiger partial charge in [0.1, 0.15) is 6.04 Å². The van der Waals surface area contributed by atoms with E-state index in [1.807, 2.05) is 42.5 Å². The van der Waals surface area contributed by atoms with E-state index in [2.05, 4.69) is 12.1 Å². The molecule has 0 unspecified atom stereocenters. The number of primary amides is 1. The Hall–Kier alpha value is -2.62. The van der Waals surface area contributed by atoms with Gasteiger partial charge < -0.3 is 10.6 Å². The highest BCUT2D eigenvalue weighted by molar-refractivity contribution is 5.87. The molecule has 1 heterocycles. The predicted molar refractivity (Wildman–Crippen MR) is 94.1 cm³/mol. The Morgan fingerprint density at radius 3 is 2.29 bits per heavy atom. The molecular formula is C20H22N2O2. The molecule has 4 nitrogen and oxygen atoms in total. The van der Waals surface area contributed by atoms with Crippen molar-refractivity contribution in [3.8, 4) is 11.1 Å². The number of nitrogens with two attached hydrogens (primary N) is 1. The summed E-state index contributed by atoms with van der Waals surface area (Å²) in [6.07, 6.45) is 2.86. The van der Waals surface area contributed by atoms with E-state index in [0.717, 1.165) is 29.5 Å². The van der Waals surface area contributed by atoms with Crippen LogP contribution < -0.4 is 5.73 Å². The number of benzene rings is 2. The molecule has 1 aliphatic heterocycles. The highest BCUT2D eigenvalue weighted by atomic mass is 16.2. The first kappa shape index (κ1) is 16.2. The zero-order valence-electron chi connectivity index (χ0n) is 13.7. The number of rotatable bonds is 4. The van der Waals surface area contributed by atoms with Gasteiger partial charge >= 0.3 is 0 Å². The molecule has 24 heavy (non-hydrogen) atoms. The summed E-state index contributed by atoms with van der Waals surface area (Å²) >= 11 is 0. The van der Waals surface area contributed by atoms with Crippen molar-refractivity contribution < 1.29 is 9.59 Å². The molecule has 0 bridgehead atoms. The van der Waals surface area contributed by atoms with Gasteiger partial charge in [-0.25, -0.2) is 0 Å². The van der Waals surface area contributed by atoms with E-state index in [4.69, 9.17) is 5.73 Å².